The van der Waals surface area contributed by atoms with Gasteiger partial charge in [0.05, 0.1) is 19.3 Å². The van der Waals surface area contributed by atoms with Crippen LogP contribution in [0, 0.1) is 5.92 Å². The summed E-state index contributed by atoms with van der Waals surface area (Å²) in [4.78, 5) is 12.2. The Labute approximate surface area is 159 Å². The maximum atomic E-state index is 12.2. The number of ether oxygens (including phenoxy) is 2. The summed E-state index contributed by atoms with van der Waals surface area (Å²) in [5.41, 5.74) is 10.6. The van der Waals surface area contributed by atoms with E-state index in [0.717, 1.165) is 0 Å². The second-order valence-electron chi connectivity index (χ2n) is 6.61. The van der Waals surface area contributed by atoms with Gasteiger partial charge in [-0.15, -0.1) is 12.4 Å². The lowest BCUT2D eigenvalue weighted by Crippen LogP contribution is -2.42. The summed E-state index contributed by atoms with van der Waals surface area (Å²) in [5, 5.41) is 2.89. The lowest BCUT2D eigenvalue weighted by Gasteiger charge is -2.19. The highest BCUT2D eigenvalue weighted by Crippen LogP contribution is 2.44. The van der Waals surface area contributed by atoms with Gasteiger partial charge in [0.15, 0.2) is 0 Å². The SMILES string of the molecule is Cl.NC[C@@H]1COC[C@H]1NC(=O)OCC1c2ccccc2-c2ccccc21. The van der Waals surface area contributed by atoms with E-state index >= 15 is 0 Å². The largest absolute Gasteiger partial charge is 0.449 e. The maximum absolute atomic E-state index is 12.2. The number of hydrogen-bond acceptors (Lipinski definition) is 4. The summed E-state index contributed by atoms with van der Waals surface area (Å²) < 4.78 is 10.9. The minimum absolute atomic E-state index is 0. The number of hydrogen-bond donors (Lipinski definition) is 2. The number of alkyl carbamates (subject to hydrolysis) is 1. The van der Waals surface area contributed by atoms with Crippen LogP contribution in [0.3, 0.4) is 0 Å². The van der Waals surface area contributed by atoms with Crippen molar-refractivity contribution in [2.45, 2.75) is 12.0 Å². The predicted molar refractivity (Wildman–Crippen MR) is 103 cm³/mol. The minimum Gasteiger partial charge on any atom is -0.449 e. The Morgan fingerprint density at radius 2 is 1.69 bits per heavy atom. The van der Waals surface area contributed by atoms with E-state index in [1.807, 2.05) is 24.3 Å². The third-order valence-corrected chi connectivity index (χ3v) is 5.15. The van der Waals surface area contributed by atoms with Gasteiger partial charge in [-0.25, -0.2) is 4.79 Å². The van der Waals surface area contributed by atoms with Crippen LogP contribution in [0.1, 0.15) is 17.0 Å². The summed E-state index contributed by atoms with van der Waals surface area (Å²) >= 11 is 0. The zero-order valence-corrected chi connectivity index (χ0v) is 15.2. The van der Waals surface area contributed by atoms with E-state index in [1.165, 1.54) is 22.3 Å². The fraction of sp³-hybridized carbons (Fsp3) is 0.350. The van der Waals surface area contributed by atoms with Gasteiger partial charge in [0.1, 0.15) is 6.61 Å². The molecule has 1 heterocycles. The smallest absolute Gasteiger partial charge is 0.407 e. The van der Waals surface area contributed by atoms with Gasteiger partial charge in [-0.05, 0) is 28.8 Å². The van der Waals surface area contributed by atoms with Gasteiger partial charge in [0.25, 0.3) is 0 Å². The molecule has 1 aliphatic carbocycles. The van der Waals surface area contributed by atoms with Crippen molar-refractivity contribution in [3.8, 4) is 11.1 Å². The normalized spacial score (nSPS) is 20.8. The van der Waals surface area contributed by atoms with Crippen LogP contribution in [-0.4, -0.2) is 38.5 Å². The Balaban J connectivity index is 0.00000196. The number of benzene rings is 2. The molecule has 1 aliphatic heterocycles. The molecule has 2 aromatic rings. The third-order valence-electron chi connectivity index (χ3n) is 5.15. The van der Waals surface area contributed by atoms with Crippen molar-refractivity contribution in [1.29, 1.82) is 0 Å². The molecule has 6 heteroatoms. The molecule has 2 atom stereocenters. The molecular formula is C20H23ClN2O3. The van der Waals surface area contributed by atoms with Crippen LogP contribution in [0.5, 0.6) is 0 Å². The number of carbonyl (C=O) groups is 1. The van der Waals surface area contributed by atoms with Crippen molar-refractivity contribution in [1.82, 2.24) is 5.32 Å². The Morgan fingerprint density at radius 1 is 1.08 bits per heavy atom. The topological polar surface area (TPSA) is 73.6 Å². The Bertz CT molecular complexity index is 738. The summed E-state index contributed by atoms with van der Waals surface area (Å²) in [7, 11) is 0. The number of amides is 1. The highest BCUT2D eigenvalue weighted by molar-refractivity contribution is 5.85. The van der Waals surface area contributed by atoms with Gasteiger partial charge in [-0.2, -0.15) is 0 Å². The number of nitrogens with two attached hydrogens (primary N) is 1. The molecule has 1 saturated heterocycles. The van der Waals surface area contributed by atoms with Gasteiger partial charge >= 0.3 is 6.09 Å². The molecule has 5 nitrogen and oxygen atoms in total. The average molecular weight is 375 g/mol. The van der Waals surface area contributed by atoms with Crippen LogP contribution in [0.4, 0.5) is 4.79 Å². The zero-order valence-electron chi connectivity index (χ0n) is 14.4. The van der Waals surface area contributed by atoms with Crippen molar-refractivity contribution in [2.24, 2.45) is 11.7 Å². The first-order valence-electron chi connectivity index (χ1n) is 8.67. The molecule has 0 saturated carbocycles. The van der Waals surface area contributed by atoms with E-state index < -0.39 is 6.09 Å². The van der Waals surface area contributed by atoms with Crippen LogP contribution >= 0.6 is 12.4 Å². The standard InChI is InChI=1S/C20H22N2O3.ClH/c21-9-13-10-24-12-19(13)22-20(23)25-11-18-16-7-3-1-5-14(16)15-6-2-4-8-17(15)18;/h1-8,13,18-19H,9-12,21H2,(H,22,23);1H/t13-,19-;/m1./s1. The molecule has 26 heavy (non-hydrogen) atoms. The number of fused-ring (bicyclic) bond motifs is 3. The highest BCUT2D eigenvalue weighted by Gasteiger charge is 2.31. The van der Waals surface area contributed by atoms with E-state index in [2.05, 4.69) is 29.6 Å². The van der Waals surface area contributed by atoms with Crippen molar-refractivity contribution in [3.63, 3.8) is 0 Å². The van der Waals surface area contributed by atoms with Crippen LogP contribution in [0.25, 0.3) is 11.1 Å². The van der Waals surface area contributed by atoms with Crippen LogP contribution < -0.4 is 11.1 Å². The second-order valence-corrected chi connectivity index (χ2v) is 6.61. The van der Waals surface area contributed by atoms with Crippen molar-refractivity contribution in [3.05, 3.63) is 59.7 Å². The monoisotopic (exact) mass is 374 g/mol. The molecule has 0 radical (unpaired) electrons. The van der Waals surface area contributed by atoms with Crippen molar-refractivity contribution < 1.29 is 14.3 Å². The molecule has 3 N–H and O–H groups in total. The molecule has 2 aromatic carbocycles. The van der Waals surface area contributed by atoms with E-state index in [9.17, 15) is 4.79 Å². The molecule has 0 spiro atoms. The molecule has 4 rings (SSSR count). The fourth-order valence-corrected chi connectivity index (χ4v) is 3.78. The third kappa shape index (κ3) is 3.43. The zero-order chi connectivity index (χ0) is 17.2. The Morgan fingerprint density at radius 3 is 2.31 bits per heavy atom. The maximum Gasteiger partial charge on any atom is 0.407 e. The first kappa shape index (κ1) is 18.7. The first-order chi connectivity index (χ1) is 12.3. The molecule has 0 unspecified atom stereocenters. The highest BCUT2D eigenvalue weighted by atomic mass is 35.5. The average Bonchev–Trinajstić information content (AvgIpc) is 3.22. The van der Waals surface area contributed by atoms with Crippen LogP contribution in [0.15, 0.2) is 48.5 Å². The lowest BCUT2D eigenvalue weighted by atomic mass is 9.98. The summed E-state index contributed by atoms with van der Waals surface area (Å²) in [6.45, 7) is 1.89. The molecular weight excluding hydrogens is 352 g/mol. The van der Waals surface area contributed by atoms with E-state index in [0.29, 0.717) is 26.4 Å². The molecule has 0 bridgehead atoms. The number of carbonyl (C=O) groups excluding carboxylic acids is 1. The van der Waals surface area contributed by atoms with Crippen LogP contribution in [0.2, 0.25) is 0 Å². The van der Waals surface area contributed by atoms with E-state index in [4.69, 9.17) is 15.2 Å². The fourth-order valence-electron chi connectivity index (χ4n) is 3.78. The second kappa shape index (κ2) is 8.08. The number of nitrogens with one attached hydrogen (secondary N) is 1. The number of rotatable bonds is 4. The van der Waals surface area contributed by atoms with Gasteiger partial charge in [0, 0.05) is 11.8 Å². The summed E-state index contributed by atoms with van der Waals surface area (Å²) in [6.07, 6.45) is -0.407. The summed E-state index contributed by atoms with van der Waals surface area (Å²) in [5.74, 6) is 0.226. The molecule has 1 amide bonds. The minimum atomic E-state index is -0.407. The number of halogens is 1. The molecule has 2 aliphatic rings. The lowest BCUT2D eigenvalue weighted by molar-refractivity contribution is 0.135. The Kier molecular flexibility index (Phi) is 5.81. The Hall–Kier alpha value is -2.08. The van der Waals surface area contributed by atoms with Gasteiger partial charge < -0.3 is 20.5 Å². The van der Waals surface area contributed by atoms with Crippen LogP contribution in [-0.2, 0) is 9.47 Å². The van der Waals surface area contributed by atoms with Crippen molar-refractivity contribution >= 4 is 18.5 Å². The first-order valence-corrected chi connectivity index (χ1v) is 8.67. The summed E-state index contributed by atoms with van der Waals surface area (Å²) in [6, 6.07) is 16.5. The van der Waals surface area contributed by atoms with E-state index in [1.54, 1.807) is 0 Å². The molecule has 138 valence electrons. The predicted octanol–water partition coefficient (Wildman–Crippen LogP) is 2.92. The molecule has 0 aromatic heterocycles. The van der Waals surface area contributed by atoms with E-state index in [-0.39, 0.29) is 30.3 Å². The quantitative estimate of drug-likeness (QED) is 0.863. The van der Waals surface area contributed by atoms with Crippen molar-refractivity contribution in [2.75, 3.05) is 26.4 Å². The molecule has 1 fully saturated rings. The van der Waals surface area contributed by atoms with Gasteiger partial charge in [-0.3, -0.25) is 0 Å². The van der Waals surface area contributed by atoms with Gasteiger partial charge in [0.2, 0.25) is 0 Å². The van der Waals surface area contributed by atoms with Gasteiger partial charge in [-0.1, -0.05) is 48.5 Å².